The van der Waals surface area contributed by atoms with E-state index in [1.807, 2.05) is 39.3 Å². The first-order valence-electron chi connectivity index (χ1n) is 9.50. The maximum atomic E-state index is 13.3. The van der Waals surface area contributed by atoms with E-state index in [-0.39, 0.29) is 18.3 Å². The minimum absolute atomic E-state index is 0. The van der Waals surface area contributed by atoms with Crippen molar-refractivity contribution in [2.45, 2.75) is 19.9 Å². The molecule has 0 saturated heterocycles. The van der Waals surface area contributed by atoms with Crippen LogP contribution in [0.5, 0.6) is 11.5 Å². The fraction of sp³-hybridized carbons (Fsp3) is 0.450. The number of methoxy groups -OCH3 is 2. The van der Waals surface area contributed by atoms with E-state index >= 15 is 0 Å². The van der Waals surface area contributed by atoms with E-state index in [1.54, 1.807) is 29.9 Å². The van der Waals surface area contributed by atoms with Gasteiger partial charge < -0.3 is 14.4 Å². The molecular formula is C20H28ClN5O3S. The largest absolute Gasteiger partial charge is 0.495 e. The van der Waals surface area contributed by atoms with E-state index < -0.39 is 0 Å². The van der Waals surface area contributed by atoms with Gasteiger partial charge in [0.05, 0.1) is 14.2 Å². The predicted octanol–water partition coefficient (Wildman–Crippen LogP) is 3.55. The topological polar surface area (TPSA) is 72.7 Å². The Kier molecular flexibility index (Phi) is 8.45. The number of halogens is 1. The molecule has 0 atom stereocenters. The molecule has 0 bridgehead atoms. The number of rotatable bonds is 9. The van der Waals surface area contributed by atoms with Crippen molar-refractivity contribution in [3.63, 3.8) is 0 Å². The van der Waals surface area contributed by atoms with Gasteiger partial charge >= 0.3 is 0 Å². The molecule has 0 spiro atoms. The Morgan fingerprint density at radius 2 is 1.83 bits per heavy atom. The molecule has 1 amide bonds. The third-order valence-corrected chi connectivity index (χ3v) is 5.64. The zero-order valence-electron chi connectivity index (χ0n) is 17.9. The minimum atomic E-state index is -0.159. The van der Waals surface area contributed by atoms with Crippen molar-refractivity contribution < 1.29 is 14.3 Å². The molecule has 1 aromatic carbocycles. The van der Waals surface area contributed by atoms with Gasteiger partial charge in [0.1, 0.15) is 21.7 Å². The van der Waals surface area contributed by atoms with Gasteiger partial charge in [-0.3, -0.25) is 14.4 Å². The Labute approximate surface area is 186 Å². The van der Waals surface area contributed by atoms with E-state index in [0.717, 1.165) is 17.7 Å². The summed E-state index contributed by atoms with van der Waals surface area (Å²) >= 11 is 1.42. The summed E-state index contributed by atoms with van der Waals surface area (Å²) in [5.41, 5.74) is 1.10. The van der Waals surface area contributed by atoms with Crippen LogP contribution in [-0.2, 0) is 6.54 Å². The second-order valence-corrected chi connectivity index (χ2v) is 7.79. The van der Waals surface area contributed by atoms with Gasteiger partial charge in [0, 0.05) is 19.3 Å². The minimum Gasteiger partial charge on any atom is -0.495 e. The maximum Gasteiger partial charge on any atom is 0.280 e. The lowest BCUT2D eigenvalue weighted by Gasteiger charge is -2.20. The molecular weight excluding hydrogens is 426 g/mol. The molecule has 0 N–H and O–H groups in total. The predicted molar refractivity (Wildman–Crippen MR) is 123 cm³/mol. The highest BCUT2D eigenvalue weighted by Gasteiger charge is 2.25. The summed E-state index contributed by atoms with van der Waals surface area (Å²) in [7, 11) is 7.26. The molecule has 0 unspecified atom stereocenters. The van der Waals surface area contributed by atoms with Gasteiger partial charge in [0.2, 0.25) is 0 Å². The Bertz CT molecular complexity index is 947. The van der Waals surface area contributed by atoms with Gasteiger partial charge in [0.15, 0.2) is 10.8 Å². The lowest BCUT2D eigenvalue weighted by atomic mass is 10.3. The Morgan fingerprint density at radius 1 is 1.13 bits per heavy atom. The summed E-state index contributed by atoms with van der Waals surface area (Å²) in [6.07, 6.45) is 2.63. The number of ether oxygens (including phenoxy) is 2. The molecule has 0 saturated carbocycles. The normalized spacial score (nSPS) is 10.9. The molecule has 10 heteroatoms. The number of carbonyl (C=O) groups excluding carboxylic acids is 1. The van der Waals surface area contributed by atoms with Crippen LogP contribution in [0.25, 0.3) is 10.2 Å². The Hall–Kier alpha value is -2.36. The van der Waals surface area contributed by atoms with Crippen molar-refractivity contribution in [3.05, 3.63) is 30.1 Å². The highest BCUT2D eigenvalue weighted by atomic mass is 35.5. The zero-order valence-corrected chi connectivity index (χ0v) is 19.5. The van der Waals surface area contributed by atoms with E-state index in [1.165, 1.54) is 11.3 Å². The number of hydrogen-bond donors (Lipinski definition) is 0. The lowest BCUT2D eigenvalue weighted by molar-refractivity contribution is 0.0980. The first-order chi connectivity index (χ1) is 14.0. The van der Waals surface area contributed by atoms with Gasteiger partial charge in [-0.05, 0) is 52.2 Å². The Morgan fingerprint density at radius 3 is 2.43 bits per heavy atom. The SMILES string of the molecule is CCn1ccc(C(=O)N(CCCN(C)C)c2nc3c(OC)ccc(OC)c3s2)n1.Cl. The molecule has 2 aromatic heterocycles. The average molecular weight is 454 g/mol. The molecule has 0 aliphatic heterocycles. The van der Waals surface area contributed by atoms with E-state index in [4.69, 9.17) is 14.5 Å². The number of aryl methyl sites for hydroxylation is 1. The van der Waals surface area contributed by atoms with E-state index in [2.05, 4.69) is 10.00 Å². The number of nitrogens with zero attached hydrogens (tertiary/aromatic N) is 5. The van der Waals surface area contributed by atoms with Crippen molar-refractivity contribution in [3.8, 4) is 11.5 Å². The fourth-order valence-electron chi connectivity index (χ4n) is 3.01. The third-order valence-electron chi connectivity index (χ3n) is 4.55. The molecule has 0 aliphatic carbocycles. The number of benzene rings is 1. The fourth-order valence-corrected chi connectivity index (χ4v) is 4.11. The summed E-state index contributed by atoms with van der Waals surface area (Å²) in [6, 6.07) is 5.43. The summed E-state index contributed by atoms with van der Waals surface area (Å²) in [5, 5.41) is 4.99. The molecule has 8 nitrogen and oxygen atoms in total. The van der Waals surface area contributed by atoms with Gasteiger partial charge in [0.25, 0.3) is 5.91 Å². The number of hydrogen-bond acceptors (Lipinski definition) is 7. The van der Waals surface area contributed by atoms with Gasteiger partial charge in [-0.2, -0.15) is 5.10 Å². The van der Waals surface area contributed by atoms with Gasteiger partial charge in [-0.25, -0.2) is 4.98 Å². The van der Waals surface area contributed by atoms with Crippen molar-refractivity contribution in [2.75, 3.05) is 46.3 Å². The maximum absolute atomic E-state index is 13.3. The zero-order chi connectivity index (χ0) is 21.0. The third kappa shape index (κ3) is 5.03. The molecule has 0 fully saturated rings. The summed E-state index contributed by atoms with van der Waals surface area (Å²) < 4.78 is 13.5. The number of carbonyl (C=O) groups is 1. The van der Waals surface area contributed by atoms with Gasteiger partial charge in [-0.15, -0.1) is 12.4 Å². The van der Waals surface area contributed by atoms with Crippen LogP contribution in [0, 0.1) is 0 Å². The van der Waals surface area contributed by atoms with Crippen molar-refractivity contribution in [1.82, 2.24) is 19.7 Å². The van der Waals surface area contributed by atoms with Crippen molar-refractivity contribution in [2.24, 2.45) is 0 Å². The van der Waals surface area contributed by atoms with Gasteiger partial charge in [-0.1, -0.05) is 11.3 Å². The number of amides is 1. The molecule has 30 heavy (non-hydrogen) atoms. The molecule has 0 radical (unpaired) electrons. The standard InChI is InChI=1S/C20H27N5O3S.ClH/c1-6-24-13-10-14(22-24)19(26)25(12-7-11-23(2)3)20-21-17-15(27-4)8-9-16(28-5)18(17)29-20;/h8-10,13H,6-7,11-12H2,1-5H3;1H. The molecule has 164 valence electrons. The second-order valence-electron chi connectivity index (χ2n) is 6.81. The van der Waals surface area contributed by atoms with E-state index in [9.17, 15) is 4.79 Å². The van der Waals surface area contributed by atoms with Crippen LogP contribution < -0.4 is 14.4 Å². The lowest BCUT2D eigenvalue weighted by Crippen LogP contribution is -2.33. The molecule has 3 rings (SSSR count). The summed E-state index contributed by atoms with van der Waals surface area (Å²) in [6.45, 7) is 4.11. The van der Waals surface area contributed by atoms with Crippen LogP contribution in [0.1, 0.15) is 23.8 Å². The smallest absolute Gasteiger partial charge is 0.280 e. The van der Waals surface area contributed by atoms with Crippen LogP contribution in [0.4, 0.5) is 5.13 Å². The van der Waals surface area contributed by atoms with E-state index in [0.29, 0.717) is 40.9 Å². The van der Waals surface area contributed by atoms with Crippen molar-refractivity contribution >= 4 is 45.0 Å². The number of thiazole rings is 1. The van der Waals surface area contributed by atoms with Crippen molar-refractivity contribution in [1.29, 1.82) is 0 Å². The number of anilines is 1. The average Bonchev–Trinajstić information content (AvgIpc) is 3.37. The summed E-state index contributed by atoms with van der Waals surface area (Å²) in [5.74, 6) is 1.20. The summed E-state index contributed by atoms with van der Waals surface area (Å²) in [4.78, 5) is 21.8. The van der Waals surface area contributed by atoms with Crippen LogP contribution in [-0.4, -0.2) is 67.0 Å². The second kappa shape index (κ2) is 10.6. The quantitative estimate of drug-likeness (QED) is 0.493. The molecule has 3 aromatic rings. The highest BCUT2D eigenvalue weighted by molar-refractivity contribution is 7.22. The van der Waals surface area contributed by atoms with Crippen LogP contribution >= 0.6 is 23.7 Å². The first-order valence-corrected chi connectivity index (χ1v) is 10.3. The monoisotopic (exact) mass is 453 g/mol. The molecule has 0 aliphatic rings. The highest BCUT2D eigenvalue weighted by Crippen LogP contribution is 2.40. The van der Waals surface area contributed by atoms with Crippen LogP contribution in [0.15, 0.2) is 24.4 Å². The number of fused-ring (bicyclic) bond motifs is 1. The molecule has 2 heterocycles. The number of aromatic nitrogens is 3. The Balaban J connectivity index is 0.00000320. The van der Waals surface area contributed by atoms with Crippen LogP contribution in [0.2, 0.25) is 0 Å². The van der Waals surface area contributed by atoms with Crippen LogP contribution in [0.3, 0.4) is 0 Å². The first kappa shape index (κ1) is 23.9.